The molecule has 1 atom stereocenters. The first-order valence-corrected chi connectivity index (χ1v) is 5.79. The van der Waals surface area contributed by atoms with Crippen LogP contribution in [0.5, 0.6) is 0 Å². The smallest absolute Gasteiger partial charge is 0.389 e. The number of hydrogen-bond acceptors (Lipinski definition) is 4. The predicted octanol–water partition coefficient (Wildman–Crippen LogP) is 2.02. The SMILES string of the molecule is COC[C@H](O)CN(C)c1ccc(C#N)cc1C(F)(F)F. The molecule has 1 rings (SSSR count). The first-order chi connectivity index (χ1) is 9.29. The lowest BCUT2D eigenvalue weighted by atomic mass is 10.1. The molecule has 0 aromatic heterocycles. The normalized spacial score (nSPS) is 12.8. The van der Waals surface area contributed by atoms with Gasteiger partial charge in [0.25, 0.3) is 0 Å². The minimum atomic E-state index is -4.57. The van der Waals surface area contributed by atoms with E-state index in [1.165, 1.54) is 31.2 Å². The second kappa shape index (κ2) is 6.59. The van der Waals surface area contributed by atoms with E-state index in [0.717, 1.165) is 6.07 Å². The lowest BCUT2D eigenvalue weighted by Crippen LogP contribution is -2.33. The minimum Gasteiger partial charge on any atom is -0.389 e. The van der Waals surface area contributed by atoms with Crippen molar-refractivity contribution in [3.05, 3.63) is 29.3 Å². The fraction of sp³-hybridized carbons (Fsp3) is 0.462. The van der Waals surface area contributed by atoms with Crippen LogP contribution in [0.1, 0.15) is 11.1 Å². The van der Waals surface area contributed by atoms with Gasteiger partial charge in [-0.3, -0.25) is 0 Å². The van der Waals surface area contributed by atoms with E-state index in [0.29, 0.717) is 0 Å². The molecule has 0 aliphatic rings. The molecule has 0 radical (unpaired) electrons. The Bertz CT molecular complexity index is 497. The molecule has 1 N–H and O–H groups in total. The highest BCUT2D eigenvalue weighted by Gasteiger charge is 2.35. The van der Waals surface area contributed by atoms with E-state index < -0.39 is 17.8 Å². The van der Waals surface area contributed by atoms with E-state index >= 15 is 0 Å². The Kier molecular flexibility index (Phi) is 5.36. The molecule has 110 valence electrons. The molecule has 0 unspecified atom stereocenters. The van der Waals surface area contributed by atoms with Crippen molar-refractivity contribution in [2.24, 2.45) is 0 Å². The number of hydrogen-bond donors (Lipinski definition) is 1. The molecule has 0 amide bonds. The number of aliphatic hydroxyl groups excluding tert-OH is 1. The lowest BCUT2D eigenvalue weighted by Gasteiger charge is -2.25. The molecule has 0 bridgehead atoms. The third-order valence-electron chi connectivity index (χ3n) is 2.69. The zero-order valence-corrected chi connectivity index (χ0v) is 11.1. The second-order valence-corrected chi connectivity index (χ2v) is 4.33. The van der Waals surface area contributed by atoms with Crippen LogP contribution in [0.4, 0.5) is 18.9 Å². The van der Waals surface area contributed by atoms with Crippen LogP contribution in [-0.2, 0) is 10.9 Å². The van der Waals surface area contributed by atoms with Crippen LogP contribution in [0.25, 0.3) is 0 Å². The highest BCUT2D eigenvalue weighted by molar-refractivity contribution is 5.57. The van der Waals surface area contributed by atoms with Gasteiger partial charge in [0.15, 0.2) is 0 Å². The Morgan fingerprint density at radius 3 is 2.60 bits per heavy atom. The van der Waals surface area contributed by atoms with Gasteiger partial charge >= 0.3 is 6.18 Å². The molecule has 1 aromatic rings. The average molecular weight is 288 g/mol. The molecule has 0 saturated heterocycles. The zero-order valence-electron chi connectivity index (χ0n) is 11.1. The molecule has 0 aliphatic heterocycles. The number of alkyl halides is 3. The number of likely N-dealkylation sites (N-methyl/N-ethyl adjacent to an activating group) is 1. The molecular formula is C13H15F3N2O2. The van der Waals surface area contributed by atoms with E-state index in [9.17, 15) is 18.3 Å². The Labute approximate surface area is 115 Å². The van der Waals surface area contributed by atoms with Crippen molar-refractivity contribution in [2.45, 2.75) is 12.3 Å². The number of methoxy groups -OCH3 is 1. The van der Waals surface area contributed by atoms with Crippen molar-refractivity contribution < 1.29 is 23.0 Å². The zero-order chi connectivity index (χ0) is 15.3. The van der Waals surface area contributed by atoms with Crippen molar-refractivity contribution in [1.29, 1.82) is 5.26 Å². The van der Waals surface area contributed by atoms with Gasteiger partial charge in [0, 0.05) is 26.4 Å². The Morgan fingerprint density at radius 2 is 2.10 bits per heavy atom. The highest BCUT2D eigenvalue weighted by Crippen LogP contribution is 2.36. The number of aliphatic hydroxyl groups is 1. The molecular weight excluding hydrogens is 273 g/mol. The summed E-state index contributed by atoms with van der Waals surface area (Å²) in [4.78, 5) is 1.29. The van der Waals surface area contributed by atoms with Crippen LogP contribution < -0.4 is 4.90 Å². The van der Waals surface area contributed by atoms with Gasteiger partial charge in [0.05, 0.1) is 29.9 Å². The topological polar surface area (TPSA) is 56.5 Å². The second-order valence-electron chi connectivity index (χ2n) is 4.33. The molecule has 7 heteroatoms. The Morgan fingerprint density at radius 1 is 1.45 bits per heavy atom. The number of nitriles is 1. The maximum atomic E-state index is 13.0. The number of rotatable bonds is 5. The van der Waals surface area contributed by atoms with Crippen molar-refractivity contribution in [3.8, 4) is 6.07 Å². The summed E-state index contributed by atoms with van der Waals surface area (Å²) in [5, 5.41) is 18.3. The summed E-state index contributed by atoms with van der Waals surface area (Å²) < 4.78 is 43.7. The first kappa shape index (κ1) is 16.3. The highest BCUT2D eigenvalue weighted by atomic mass is 19.4. The number of benzene rings is 1. The van der Waals surface area contributed by atoms with Crippen LogP contribution >= 0.6 is 0 Å². The summed E-state index contributed by atoms with van der Waals surface area (Å²) in [6.07, 6.45) is -5.47. The quantitative estimate of drug-likeness (QED) is 0.900. The summed E-state index contributed by atoms with van der Waals surface area (Å²) in [6, 6.07) is 5.01. The molecule has 0 fully saturated rings. The van der Waals surface area contributed by atoms with Crippen molar-refractivity contribution in [2.75, 3.05) is 32.2 Å². The van der Waals surface area contributed by atoms with Gasteiger partial charge in [-0.25, -0.2) is 0 Å². The number of ether oxygens (including phenoxy) is 1. The van der Waals surface area contributed by atoms with Gasteiger partial charge in [0.1, 0.15) is 0 Å². The van der Waals surface area contributed by atoms with Crippen molar-refractivity contribution in [3.63, 3.8) is 0 Å². The van der Waals surface area contributed by atoms with Crippen LogP contribution in [0.15, 0.2) is 18.2 Å². The molecule has 4 nitrogen and oxygen atoms in total. The third-order valence-corrected chi connectivity index (χ3v) is 2.69. The molecule has 0 saturated carbocycles. The molecule has 0 spiro atoms. The monoisotopic (exact) mass is 288 g/mol. The van der Waals surface area contributed by atoms with Crippen molar-refractivity contribution in [1.82, 2.24) is 0 Å². The third kappa shape index (κ3) is 4.11. The van der Waals surface area contributed by atoms with E-state index in [4.69, 9.17) is 10.00 Å². The largest absolute Gasteiger partial charge is 0.418 e. The van der Waals surface area contributed by atoms with Crippen LogP contribution in [0.3, 0.4) is 0 Å². The first-order valence-electron chi connectivity index (χ1n) is 5.79. The van der Waals surface area contributed by atoms with E-state index in [1.54, 1.807) is 6.07 Å². The van der Waals surface area contributed by atoms with E-state index in [2.05, 4.69) is 0 Å². The summed E-state index contributed by atoms with van der Waals surface area (Å²) in [5.41, 5.74) is -1.05. The summed E-state index contributed by atoms with van der Waals surface area (Å²) in [7, 11) is 2.83. The fourth-order valence-corrected chi connectivity index (χ4v) is 1.83. The van der Waals surface area contributed by atoms with E-state index in [-0.39, 0.29) is 24.4 Å². The Balaban J connectivity index is 3.08. The summed E-state index contributed by atoms with van der Waals surface area (Å²) in [6.45, 7) is 0.0186. The summed E-state index contributed by atoms with van der Waals surface area (Å²) in [5.74, 6) is 0. The Hall–Kier alpha value is -1.78. The number of nitrogens with zero attached hydrogens (tertiary/aromatic N) is 2. The van der Waals surface area contributed by atoms with Crippen LogP contribution in [0, 0.1) is 11.3 Å². The molecule has 1 aromatic carbocycles. The van der Waals surface area contributed by atoms with Crippen molar-refractivity contribution >= 4 is 5.69 Å². The van der Waals surface area contributed by atoms with Gasteiger partial charge in [-0.2, -0.15) is 18.4 Å². The lowest BCUT2D eigenvalue weighted by molar-refractivity contribution is -0.137. The van der Waals surface area contributed by atoms with Gasteiger partial charge in [-0.15, -0.1) is 0 Å². The van der Waals surface area contributed by atoms with Gasteiger partial charge in [-0.05, 0) is 18.2 Å². The minimum absolute atomic E-state index is 0.0111. The molecule has 0 aliphatic carbocycles. The molecule has 20 heavy (non-hydrogen) atoms. The maximum absolute atomic E-state index is 13.0. The summed E-state index contributed by atoms with van der Waals surface area (Å²) >= 11 is 0. The van der Waals surface area contributed by atoms with Gasteiger partial charge in [0.2, 0.25) is 0 Å². The average Bonchev–Trinajstić information content (AvgIpc) is 2.37. The molecule has 0 heterocycles. The van der Waals surface area contributed by atoms with Crippen LogP contribution in [-0.4, -0.2) is 38.5 Å². The standard InChI is InChI=1S/C13H15F3N2O2/c1-18(7-10(19)8-20-2)12-4-3-9(6-17)5-11(12)13(14,15)16/h3-5,10,19H,7-8H2,1-2H3/t10-/m1/s1. The number of anilines is 1. The van der Waals surface area contributed by atoms with Crippen LogP contribution in [0.2, 0.25) is 0 Å². The van der Waals surface area contributed by atoms with Gasteiger partial charge < -0.3 is 14.7 Å². The van der Waals surface area contributed by atoms with E-state index in [1.807, 2.05) is 0 Å². The number of halogens is 3. The maximum Gasteiger partial charge on any atom is 0.418 e. The predicted molar refractivity (Wildman–Crippen MR) is 67.3 cm³/mol. The fourth-order valence-electron chi connectivity index (χ4n) is 1.83. The van der Waals surface area contributed by atoms with Gasteiger partial charge in [-0.1, -0.05) is 0 Å².